The van der Waals surface area contributed by atoms with Gasteiger partial charge in [0.1, 0.15) is 0 Å². The van der Waals surface area contributed by atoms with Crippen LogP contribution in [0.1, 0.15) is 62.2 Å². The lowest BCUT2D eigenvalue weighted by Gasteiger charge is -2.54. The fourth-order valence-electron chi connectivity index (χ4n) is 6.85. The molecule has 5 fully saturated rings. The second-order valence-electron chi connectivity index (χ2n) is 9.99. The number of anilines is 1. The quantitative estimate of drug-likeness (QED) is 0.745. The molecular formula is C25H34N2O3. The summed E-state index contributed by atoms with van der Waals surface area (Å²) in [6.07, 6.45) is 8.36. The van der Waals surface area contributed by atoms with Crippen LogP contribution in [0.5, 0.6) is 0 Å². The number of carbonyl (C=O) groups is 2. The Hall–Kier alpha value is -2.04. The number of hydrogen-bond donors (Lipinski definition) is 1. The van der Waals surface area contributed by atoms with Gasteiger partial charge in [-0.1, -0.05) is 0 Å². The van der Waals surface area contributed by atoms with Crippen LogP contribution in [0.15, 0.2) is 24.3 Å². The third kappa shape index (κ3) is 3.83. The van der Waals surface area contributed by atoms with Gasteiger partial charge < -0.3 is 15.0 Å². The SMILES string of the molecule is CCOC(=O)C1CCN(c2ccc(C(=O)NC3C4CC5CC(C4)CC3C5)cc2)CC1. The zero-order chi connectivity index (χ0) is 20.7. The van der Waals surface area contributed by atoms with Crippen LogP contribution in [-0.2, 0) is 9.53 Å². The maximum atomic E-state index is 12.9. The molecule has 1 aromatic rings. The highest BCUT2D eigenvalue weighted by atomic mass is 16.5. The van der Waals surface area contributed by atoms with Crippen molar-refractivity contribution in [1.82, 2.24) is 5.32 Å². The summed E-state index contributed by atoms with van der Waals surface area (Å²) in [6, 6.07) is 8.40. The number of carbonyl (C=O) groups excluding carboxylic acids is 2. The third-order valence-electron chi connectivity index (χ3n) is 8.13. The summed E-state index contributed by atoms with van der Waals surface area (Å²) < 4.78 is 5.16. The van der Waals surface area contributed by atoms with Crippen molar-refractivity contribution in [3.05, 3.63) is 29.8 Å². The summed E-state index contributed by atoms with van der Waals surface area (Å²) in [5.74, 6) is 3.29. The van der Waals surface area contributed by atoms with Crippen molar-refractivity contribution in [1.29, 1.82) is 0 Å². The number of nitrogens with one attached hydrogen (secondary N) is 1. The van der Waals surface area contributed by atoms with Crippen LogP contribution in [0.3, 0.4) is 0 Å². The smallest absolute Gasteiger partial charge is 0.309 e. The van der Waals surface area contributed by atoms with Gasteiger partial charge >= 0.3 is 5.97 Å². The van der Waals surface area contributed by atoms with Crippen molar-refractivity contribution < 1.29 is 14.3 Å². The van der Waals surface area contributed by atoms with Gasteiger partial charge in [-0.05, 0) is 99.8 Å². The molecule has 1 amide bonds. The van der Waals surface area contributed by atoms with Gasteiger partial charge in [0.25, 0.3) is 5.91 Å². The van der Waals surface area contributed by atoms with Crippen molar-refractivity contribution in [2.45, 2.75) is 57.9 Å². The highest BCUT2D eigenvalue weighted by Crippen LogP contribution is 2.53. The molecule has 30 heavy (non-hydrogen) atoms. The molecule has 4 bridgehead atoms. The second-order valence-corrected chi connectivity index (χ2v) is 9.99. The number of esters is 1. The Bertz CT molecular complexity index is 754. The van der Waals surface area contributed by atoms with Crippen LogP contribution >= 0.6 is 0 Å². The monoisotopic (exact) mass is 410 g/mol. The summed E-state index contributed by atoms with van der Waals surface area (Å²) in [6.45, 7) is 4.01. The molecule has 1 N–H and O–H groups in total. The number of hydrogen-bond acceptors (Lipinski definition) is 4. The van der Waals surface area contributed by atoms with Crippen molar-refractivity contribution in [3.8, 4) is 0 Å². The van der Waals surface area contributed by atoms with E-state index in [9.17, 15) is 9.59 Å². The first-order valence-electron chi connectivity index (χ1n) is 11.9. The van der Waals surface area contributed by atoms with E-state index in [-0.39, 0.29) is 17.8 Å². The van der Waals surface area contributed by atoms with Crippen LogP contribution in [0, 0.1) is 29.6 Å². The van der Waals surface area contributed by atoms with E-state index < -0.39 is 0 Å². The van der Waals surface area contributed by atoms with Crippen LogP contribution in [-0.4, -0.2) is 37.6 Å². The number of rotatable bonds is 5. The van der Waals surface area contributed by atoms with Gasteiger partial charge in [0.15, 0.2) is 0 Å². The number of amides is 1. The van der Waals surface area contributed by atoms with Crippen LogP contribution < -0.4 is 10.2 Å². The van der Waals surface area contributed by atoms with E-state index in [4.69, 9.17) is 4.74 Å². The molecule has 1 heterocycles. The van der Waals surface area contributed by atoms with Gasteiger partial charge in [0.2, 0.25) is 0 Å². The minimum absolute atomic E-state index is 0.0206. The largest absolute Gasteiger partial charge is 0.466 e. The van der Waals surface area contributed by atoms with Gasteiger partial charge in [0, 0.05) is 30.4 Å². The first-order chi connectivity index (χ1) is 14.6. The molecule has 6 rings (SSSR count). The Morgan fingerprint density at radius 2 is 1.57 bits per heavy atom. The Morgan fingerprint density at radius 3 is 2.13 bits per heavy atom. The average molecular weight is 411 g/mol. The van der Waals surface area contributed by atoms with Crippen molar-refractivity contribution in [2.75, 3.05) is 24.6 Å². The predicted molar refractivity (Wildman–Crippen MR) is 116 cm³/mol. The van der Waals surface area contributed by atoms with Gasteiger partial charge in [-0.15, -0.1) is 0 Å². The summed E-state index contributed by atoms with van der Waals surface area (Å²) in [4.78, 5) is 27.2. The molecule has 5 nitrogen and oxygen atoms in total. The van der Waals surface area contributed by atoms with Crippen molar-refractivity contribution >= 4 is 17.6 Å². The maximum absolute atomic E-state index is 12.9. The topological polar surface area (TPSA) is 58.6 Å². The van der Waals surface area contributed by atoms with E-state index in [0.29, 0.717) is 24.5 Å². The zero-order valence-electron chi connectivity index (χ0n) is 18.0. The average Bonchev–Trinajstić information content (AvgIpc) is 2.76. The molecule has 4 saturated carbocycles. The molecule has 5 aliphatic rings. The van der Waals surface area contributed by atoms with Crippen LogP contribution in [0.4, 0.5) is 5.69 Å². The van der Waals surface area contributed by atoms with Gasteiger partial charge in [0.05, 0.1) is 12.5 Å². The van der Waals surface area contributed by atoms with Gasteiger partial charge in [-0.2, -0.15) is 0 Å². The number of nitrogens with zero attached hydrogens (tertiary/aromatic N) is 1. The molecule has 0 aromatic heterocycles. The zero-order valence-corrected chi connectivity index (χ0v) is 18.0. The molecule has 1 aromatic carbocycles. The lowest BCUT2D eigenvalue weighted by Crippen LogP contribution is -2.55. The van der Waals surface area contributed by atoms with Crippen molar-refractivity contribution in [2.24, 2.45) is 29.6 Å². The fraction of sp³-hybridized carbons (Fsp3) is 0.680. The Labute approximate surface area is 179 Å². The molecule has 4 aliphatic carbocycles. The first kappa shape index (κ1) is 19.9. The lowest BCUT2D eigenvalue weighted by atomic mass is 9.54. The summed E-state index contributed by atoms with van der Waals surface area (Å²) in [7, 11) is 0. The summed E-state index contributed by atoms with van der Waals surface area (Å²) in [5, 5.41) is 3.40. The number of benzene rings is 1. The lowest BCUT2D eigenvalue weighted by molar-refractivity contribution is -0.148. The van der Waals surface area contributed by atoms with E-state index in [1.54, 1.807) is 0 Å². The highest BCUT2D eigenvalue weighted by molar-refractivity contribution is 5.94. The van der Waals surface area contributed by atoms with Gasteiger partial charge in [-0.25, -0.2) is 0 Å². The van der Waals surface area contributed by atoms with E-state index >= 15 is 0 Å². The Morgan fingerprint density at radius 1 is 0.967 bits per heavy atom. The summed E-state index contributed by atoms with van der Waals surface area (Å²) >= 11 is 0. The predicted octanol–water partition coefficient (Wildman–Crippen LogP) is 4.02. The van der Waals surface area contributed by atoms with E-state index in [2.05, 4.69) is 22.3 Å². The standard InChI is InChI=1S/C25H34N2O3/c1-2-30-25(29)19-7-9-27(10-8-19)22-5-3-18(4-6-22)24(28)26-23-20-12-16-11-17(14-20)15-21(23)13-16/h3-6,16-17,19-21,23H,2,7-15H2,1H3,(H,26,28). The van der Waals surface area contributed by atoms with Crippen molar-refractivity contribution in [3.63, 3.8) is 0 Å². The molecule has 0 radical (unpaired) electrons. The second kappa shape index (κ2) is 8.24. The minimum Gasteiger partial charge on any atom is -0.466 e. The fourth-order valence-corrected chi connectivity index (χ4v) is 6.85. The summed E-state index contributed by atoms with van der Waals surface area (Å²) in [5.41, 5.74) is 1.89. The van der Waals surface area contributed by atoms with E-state index in [0.717, 1.165) is 49.0 Å². The van der Waals surface area contributed by atoms with Gasteiger partial charge in [-0.3, -0.25) is 9.59 Å². The molecule has 1 aliphatic heterocycles. The minimum atomic E-state index is -0.0612. The molecule has 162 valence electrons. The molecule has 0 atom stereocenters. The molecule has 5 heteroatoms. The molecular weight excluding hydrogens is 376 g/mol. The number of ether oxygens (including phenoxy) is 1. The van der Waals surface area contributed by atoms with Crippen LogP contribution in [0.2, 0.25) is 0 Å². The Balaban J connectivity index is 1.17. The first-order valence-corrected chi connectivity index (χ1v) is 11.9. The highest BCUT2D eigenvalue weighted by Gasteiger charge is 2.48. The maximum Gasteiger partial charge on any atom is 0.309 e. The number of piperidine rings is 1. The van der Waals surface area contributed by atoms with E-state index in [1.165, 1.54) is 32.1 Å². The van der Waals surface area contributed by atoms with E-state index in [1.807, 2.05) is 19.1 Å². The third-order valence-corrected chi connectivity index (χ3v) is 8.13. The normalized spacial score (nSPS) is 32.8. The molecule has 0 spiro atoms. The van der Waals surface area contributed by atoms with Crippen LogP contribution in [0.25, 0.3) is 0 Å². The molecule has 0 unspecified atom stereocenters. The Kier molecular flexibility index (Phi) is 5.46. The molecule has 1 saturated heterocycles.